The van der Waals surface area contributed by atoms with Crippen LogP contribution in [0.15, 0.2) is 40.3 Å². The molecule has 0 saturated heterocycles. The summed E-state index contributed by atoms with van der Waals surface area (Å²) in [5.41, 5.74) is 3.59. The van der Waals surface area contributed by atoms with Crippen molar-refractivity contribution < 1.29 is 13.2 Å². The van der Waals surface area contributed by atoms with Gasteiger partial charge in [-0.1, -0.05) is 23.9 Å². The minimum absolute atomic E-state index is 0.0619. The van der Waals surface area contributed by atoms with Crippen molar-refractivity contribution in [3.63, 3.8) is 0 Å². The van der Waals surface area contributed by atoms with Crippen molar-refractivity contribution in [3.05, 3.63) is 52.7 Å². The molecule has 7 nitrogen and oxygen atoms in total. The largest absolute Gasteiger partial charge is 0.355 e. The van der Waals surface area contributed by atoms with E-state index in [1.165, 1.54) is 23.9 Å². The lowest BCUT2D eigenvalue weighted by Gasteiger charge is -2.08. The van der Waals surface area contributed by atoms with Gasteiger partial charge in [0, 0.05) is 12.2 Å². The van der Waals surface area contributed by atoms with Crippen LogP contribution in [0.25, 0.3) is 0 Å². The van der Waals surface area contributed by atoms with Crippen molar-refractivity contribution in [2.45, 2.75) is 35.6 Å². The van der Waals surface area contributed by atoms with Crippen LogP contribution >= 0.6 is 11.8 Å². The van der Waals surface area contributed by atoms with E-state index in [0.717, 1.165) is 36.1 Å². The van der Waals surface area contributed by atoms with E-state index in [1.54, 1.807) is 12.1 Å². The second-order valence-electron chi connectivity index (χ2n) is 6.49. The summed E-state index contributed by atoms with van der Waals surface area (Å²) >= 11 is 1.27. The number of carbonyl (C=O) groups is 1. The normalized spacial score (nSPS) is 13.0. The maximum atomic E-state index is 12.1. The topological polar surface area (TPSA) is 126 Å². The molecule has 0 unspecified atom stereocenters. The molecular weight excluding hydrogens is 396 g/mol. The van der Waals surface area contributed by atoms with E-state index in [9.17, 15) is 18.5 Å². The third-order valence-corrected chi connectivity index (χ3v) is 6.38. The number of aromatic nitrogens is 1. The second kappa shape index (κ2) is 8.73. The summed E-state index contributed by atoms with van der Waals surface area (Å²) in [5, 5.41) is 17.8. The van der Waals surface area contributed by atoms with Gasteiger partial charge in [-0.3, -0.25) is 4.79 Å². The highest BCUT2D eigenvalue weighted by Crippen LogP contribution is 2.27. The smallest absolute Gasteiger partial charge is 0.238 e. The van der Waals surface area contributed by atoms with Crippen molar-refractivity contribution in [1.29, 1.82) is 5.26 Å². The first-order chi connectivity index (χ1) is 13.4. The van der Waals surface area contributed by atoms with Gasteiger partial charge in [0.2, 0.25) is 15.9 Å². The lowest BCUT2D eigenvalue weighted by atomic mass is 10.1. The van der Waals surface area contributed by atoms with Crippen molar-refractivity contribution in [1.82, 2.24) is 10.3 Å². The Morgan fingerprint density at radius 3 is 2.71 bits per heavy atom. The third-order valence-electron chi connectivity index (χ3n) is 4.46. The molecule has 28 heavy (non-hydrogen) atoms. The fourth-order valence-electron chi connectivity index (χ4n) is 3.02. The van der Waals surface area contributed by atoms with Crippen molar-refractivity contribution in [2.24, 2.45) is 5.14 Å². The van der Waals surface area contributed by atoms with E-state index in [4.69, 9.17) is 5.14 Å². The van der Waals surface area contributed by atoms with Crippen LogP contribution < -0.4 is 10.5 Å². The van der Waals surface area contributed by atoms with E-state index in [-0.39, 0.29) is 16.6 Å². The fourth-order valence-corrected chi connectivity index (χ4v) is 4.34. The minimum atomic E-state index is -3.70. The number of amides is 1. The Morgan fingerprint density at radius 1 is 1.29 bits per heavy atom. The van der Waals surface area contributed by atoms with Gasteiger partial charge in [0.1, 0.15) is 11.1 Å². The number of nitrogens with zero attached hydrogens (tertiary/aromatic N) is 2. The molecular formula is C19H20N4O3S2. The van der Waals surface area contributed by atoms with Crippen molar-refractivity contribution in [2.75, 3.05) is 12.3 Å². The molecule has 0 atom stereocenters. The molecule has 146 valence electrons. The number of rotatable bonds is 7. The highest BCUT2D eigenvalue weighted by Gasteiger charge is 2.17. The zero-order chi connectivity index (χ0) is 20.1. The van der Waals surface area contributed by atoms with E-state index in [1.807, 2.05) is 6.07 Å². The lowest BCUT2D eigenvalue weighted by molar-refractivity contribution is -0.118. The molecule has 3 N–H and O–H groups in total. The third kappa shape index (κ3) is 5.10. The molecule has 3 rings (SSSR count). The Hall–Kier alpha value is -2.41. The number of primary sulfonamides is 1. The van der Waals surface area contributed by atoms with E-state index >= 15 is 0 Å². The molecule has 0 fully saturated rings. The van der Waals surface area contributed by atoms with E-state index < -0.39 is 10.0 Å². The molecule has 0 saturated carbocycles. The maximum absolute atomic E-state index is 12.1. The lowest BCUT2D eigenvalue weighted by Crippen LogP contribution is -2.27. The Kier molecular flexibility index (Phi) is 6.34. The molecule has 1 aliphatic carbocycles. The Balaban J connectivity index is 1.48. The molecule has 1 aromatic carbocycles. The minimum Gasteiger partial charge on any atom is -0.355 e. The first-order valence-electron chi connectivity index (χ1n) is 8.81. The molecule has 9 heteroatoms. The number of nitriles is 1. The number of pyridine rings is 1. The van der Waals surface area contributed by atoms with Gasteiger partial charge in [-0.25, -0.2) is 18.5 Å². The van der Waals surface area contributed by atoms with Crippen LogP contribution in [0.1, 0.15) is 28.8 Å². The second-order valence-corrected chi connectivity index (χ2v) is 9.02. The number of thioether (sulfide) groups is 1. The summed E-state index contributed by atoms with van der Waals surface area (Å²) in [6, 6.07) is 10.3. The van der Waals surface area contributed by atoms with Crippen LogP contribution in [0.3, 0.4) is 0 Å². The van der Waals surface area contributed by atoms with E-state index in [0.29, 0.717) is 23.6 Å². The fraction of sp³-hybridized carbons (Fsp3) is 0.316. The number of nitrogens with two attached hydrogens (primary N) is 1. The van der Waals surface area contributed by atoms with Crippen LogP contribution in [0, 0.1) is 11.3 Å². The summed E-state index contributed by atoms with van der Waals surface area (Å²) < 4.78 is 22.5. The van der Waals surface area contributed by atoms with Crippen LogP contribution in [-0.4, -0.2) is 31.6 Å². The molecule has 0 bridgehead atoms. The van der Waals surface area contributed by atoms with Crippen LogP contribution in [0.2, 0.25) is 0 Å². The van der Waals surface area contributed by atoms with Gasteiger partial charge in [0.15, 0.2) is 0 Å². The first kappa shape index (κ1) is 20.3. The van der Waals surface area contributed by atoms with Crippen molar-refractivity contribution in [3.8, 4) is 6.07 Å². The monoisotopic (exact) mass is 416 g/mol. The number of aryl methyl sites for hydroxylation is 2. The number of benzene rings is 1. The summed E-state index contributed by atoms with van der Waals surface area (Å²) in [6.07, 6.45) is 3.51. The quantitative estimate of drug-likeness (QED) is 0.660. The molecule has 1 aromatic heterocycles. The number of sulfonamides is 1. The Bertz CT molecular complexity index is 1030. The molecule has 1 amide bonds. The first-order valence-corrected chi connectivity index (χ1v) is 11.3. The van der Waals surface area contributed by atoms with Crippen LogP contribution in [-0.2, 0) is 34.1 Å². The molecule has 0 spiro atoms. The van der Waals surface area contributed by atoms with Crippen LogP contribution in [0.5, 0.6) is 0 Å². The Morgan fingerprint density at radius 2 is 2.04 bits per heavy atom. The van der Waals surface area contributed by atoms with Crippen molar-refractivity contribution >= 4 is 27.7 Å². The van der Waals surface area contributed by atoms with Gasteiger partial charge in [-0.15, -0.1) is 0 Å². The molecule has 2 aromatic rings. The average molecular weight is 417 g/mol. The Labute approximate surface area is 168 Å². The van der Waals surface area contributed by atoms with E-state index in [2.05, 4.69) is 16.4 Å². The SMILES string of the molecule is N#Cc1cc2c(nc1SCC(=O)NCCc1ccc(S(N)(=O)=O)cc1)CCC2. The van der Waals surface area contributed by atoms with Gasteiger partial charge in [-0.05, 0) is 55.0 Å². The van der Waals surface area contributed by atoms with Gasteiger partial charge in [0.05, 0.1) is 16.2 Å². The predicted molar refractivity (Wildman–Crippen MR) is 106 cm³/mol. The number of hydrogen-bond acceptors (Lipinski definition) is 6. The standard InChI is InChI=1S/C19H20N4O3S2/c20-11-15-10-14-2-1-3-17(14)23-19(15)27-12-18(24)22-9-8-13-4-6-16(7-5-13)28(21,25)26/h4-7,10H,1-3,8-9,12H2,(H,22,24)(H2,21,25,26). The van der Waals surface area contributed by atoms with Gasteiger partial charge >= 0.3 is 0 Å². The summed E-state index contributed by atoms with van der Waals surface area (Å²) in [5.74, 6) is 0.0440. The molecule has 0 aliphatic heterocycles. The highest BCUT2D eigenvalue weighted by atomic mass is 32.2. The molecule has 1 aliphatic rings. The maximum Gasteiger partial charge on any atom is 0.238 e. The number of fused-ring (bicyclic) bond motifs is 1. The predicted octanol–water partition coefficient (Wildman–Crippen LogP) is 1.54. The highest BCUT2D eigenvalue weighted by molar-refractivity contribution is 8.00. The molecule has 0 radical (unpaired) electrons. The molecule has 1 heterocycles. The number of nitrogens with one attached hydrogen (secondary N) is 1. The van der Waals surface area contributed by atoms with Gasteiger partial charge < -0.3 is 5.32 Å². The zero-order valence-corrected chi connectivity index (χ0v) is 16.8. The summed E-state index contributed by atoms with van der Waals surface area (Å²) in [4.78, 5) is 16.7. The van der Waals surface area contributed by atoms with Gasteiger partial charge in [0.25, 0.3) is 0 Å². The summed E-state index contributed by atoms with van der Waals surface area (Å²) in [6.45, 7) is 0.427. The zero-order valence-electron chi connectivity index (χ0n) is 15.1. The van der Waals surface area contributed by atoms with Gasteiger partial charge in [-0.2, -0.15) is 5.26 Å². The average Bonchev–Trinajstić information content (AvgIpc) is 3.12. The number of carbonyl (C=O) groups excluding carboxylic acids is 1. The number of hydrogen-bond donors (Lipinski definition) is 2. The summed E-state index contributed by atoms with van der Waals surface area (Å²) in [7, 11) is -3.70. The van der Waals surface area contributed by atoms with Crippen LogP contribution in [0.4, 0.5) is 0 Å².